The normalized spacial score (nSPS) is 19.5. The van der Waals surface area contributed by atoms with Crippen molar-refractivity contribution in [1.29, 1.82) is 0 Å². The summed E-state index contributed by atoms with van der Waals surface area (Å²) in [5.74, 6) is 0.409. The SMILES string of the molecule is CC(C)=C1N=C2NC(=O)CC(C(=O)Nc3cccc(Cl)c3)N2N1. The zero-order valence-corrected chi connectivity index (χ0v) is 13.4. The number of rotatable bonds is 2. The van der Waals surface area contributed by atoms with Crippen molar-refractivity contribution >= 4 is 35.1 Å². The Morgan fingerprint density at radius 3 is 2.91 bits per heavy atom. The average molecular weight is 334 g/mol. The number of nitrogens with zero attached hydrogens (tertiary/aromatic N) is 2. The van der Waals surface area contributed by atoms with Gasteiger partial charge in [0.15, 0.2) is 0 Å². The molecule has 3 rings (SSSR count). The summed E-state index contributed by atoms with van der Waals surface area (Å²) in [7, 11) is 0. The van der Waals surface area contributed by atoms with Crippen LogP contribution in [-0.2, 0) is 9.59 Å². The van der Waals surface area contributed by atoms with Gasteiger partial charge in [-0.3, -0.25) is 20.3 Å². The Morgan fingerprint density at radius 2 is 2.22 bits per heavy atom. The summed E-state index contributed by atoms with van der Waals surface area (Å²) in [5, 5.41) is 7.53. The number of amides is 2. The lowest BCUT2D eigenvalue weighted by molar-refractivity contribution is -0.129. The monoisotopic (exact) mass is 333 g/mol. The number of carbonyl (C=O) groups is 2. The van der Waals surface area contributed by atoms with Crippen LogP contribution in [0.2, 0.25) is 5.02 Å². The lowest BCUT2D eigenvalue weighted by Gasteiger charge is -2.32. The topological polar surface area (TPSA) is 85.8 Å². The smallest absolute Gasteiger partial charge is 0.249 e. The average Bonchev–Trinajstić information content (AvgIpc) is 2.90. The molecule has 1 saturated heterocycles. The van der Waals surface area contributed by atoms with Crippen molar-refractivity contribution in [2.75, 3.05) is 5.32 Å². The van der Waals surface area contributed by atoms with Gasteiger partial charge in [0.1, 0.15) is 11.9 Å². The molecule has 0 aromatic heterocycles. The minimum absolute atomic E-state index is 0.0362. The lowest BCUT2D eigenvalue weighted by atomic mass is 10.1. The van der Waals surface area contributed by atoms with Crippen LogP contribution in [0.15, 0.2) is 40.7 Å². The Bertz CT molecular complexity index is 739. The molecule has 8 heteroatoms. The van der Waals surface area contributed by atoms with E-state index in [0.29, 0.717) is 22.5 Å². The summed E-state index contributed by atoms with van der Waals surface area (Å²) < 4.78 is 0. The Kier molecular flexibility index (Phi) is 3.96. The maximum absolute atomic E-state index is 12.6. The highest BCUT2D eigenvalue weighted by atomic mass is 35.5. The summed E-state index contributed by atoms with van der Waals surface area (Å²) in [6.07, 6.45) is 0.0362. The van der Waals surface area contributed by atoms with Gasteiger partial charge in [0.05, 0.1) is 6.42 Å². The van der Waals surface area contributed by atoms with Gasteiger partial charge in [-0.2, -0.15) is 4.99 Å². The molecule has 1 aromatic carbocycles. The highest BCUT2D eigenvalue weighted by Crippen LogP contribution is 2.20. The largest absolute Gasteiger partial charge is 0.324 e. The highest BCUT2D eigenvalue weighted by molar-refractivity contribution is 6.30. The van der Waals surface area contributed by atoms with Crippen LogP contribution < -0.4 is 16.1 Å². The second kappa shape index (κ2) is 5.92. The van der Waals surface area contributed by atoms with Gasteiger partial charge in [-0.1, -0.05) is 17.7 Å². The number of hydrazine groups is 1. The third-order valence-electron chi connectivity index (χ3n) is 3.48. The minimum Gasteiger partial charge on any atom is -0.324 e. The number of halogens is 1. The van der Waals surface area contributed by atoms with Gasteiger partial charge in [0.2, 0.25) is 17.8 Å². The number of anilines is 1. The van der Waals surface area contributed by atoms with Crippen molar-refractivity contribution in [3.63, 3.8) is 0 Å². The number of guanidine groups is 1. The van der Waals surface area contributed by atoms with E-state index in [-0.39, 0.29) is 18.2 Å². The Hall–Kier alpha value is -2.54. The lowest BCUT2D eigenvalue weighted by Crippen LogP contribution is -2.61. The third kappa shape index (κ3) is 3.14. The van der Waals surface area contributed by atoms with Crippen molar-refractivity contribution in [3.05, 3.63) is 40.7 Å². The zero-order valence-electron chi connectivity index (χ0n) is 12.7. The molecule has 0 aliphatic carbocycles. The molecule has 0 radical (unpaired) electrons. The zero-order chi connectivity index (χ0) is 16.6. The number of fused-ring (bicyclic) bond motifs is 1. The summed E-state index contributed by atoms with van der Waals surface area (Å²) >= 11 is 5.92. The van der Waals surface area contributed by atoms with Gasteiger partial charge >= 0.3 is 0 Å². The van der Waals surface area contributed by atoms with Crippen LogP contribution in [0.25, 0.3) is 0 Å². The Morgan fingerprint density at radius 1 is 1.43 bits per heavy atom. The number of hydrogen-bond acceptors (Lipinski definition) is 5. The van der Waals surface area contributed by atoms with Crippen molar-refractivity contribution in [2.45, 2.75) is 26.3 Å². The highest BCUT2D eigenvalue weighted by Gasteiger charge is 2.39. The van der Waals surface area contributed by atoms with E-state index in [1.807, 2.05) is 13.8 Å². The predicted octanol–water partition coefficient (Wildman–Crippen LogP) is 1.59. The summed E-state index contributed by atoms with van der Waals surface area (Å²) in [4.78, 5) is 28.7. The molecule has 120 valence electrons. The van der Waals surface area contributed by atoms with Gasteiger partial charge in [0.25, 0.3) is 0 Å². The summed E-state index contributed by atoms with van der Waals surface area (Å²) in [5.41, 5.74) is 4.58. The quantitative estimate of drug-likeness (QED) is 0.767. The van der Waals surface area contributed by atoms with Crippen molar-refractivity contribution in [1.82, 2.24) is 15.8 Å². The number of aliphatic imine (C=N–C) groups is 1. The standard InChI is InChI=1S/C15H16ClN5O2/c1-8(2)13-19-15-18-12(22)7-11(21(15)20-13)14(23)17-10-5-3-4-9(16)6-10/h3-6,11,20H,7H2,1-2H3,(H,17,23)(H,18,19,22). The summed E-state index contributed by atoms with van der Waals surface area (Å²) in [6, 6.07) is 6.16. The van der Waals surface area contributed by atoms with Crippen LogP contribution >= 0.6 is 11.6 Å². The molecular weight excluding hydrogens is 318 g/mol. The van der Waals surface area contributed by atoms with E-state index in [9.17, 15) is 9.59 Å². The fraction of sp³-hybridized carbons (Fsp3) is 0.267. The predicted molar refractivity (Wildman–Crippen MR) is 87.4 cm³/mol. The van der Waals surface area contributed by atoms with E-state index in [4.69, 9.17) is 11.6 Å². The molecule has 2 amide bonds. The van der Waals surface area contributed by atoms with Gasteiger partial charge < -0.3 is 5.32 Å². The Balaban J connectivity index is 1.81. The first-order valence-corrected chi connectivity index (χ1v) is 7.50. The van der Waals surface area contributed by atoms with Crippen LogP contribution in [-0.4, -0.2) is 28.8 Å². The van der Waals surface area contributed by atoms with Gasteiger partial charge in [-0.05, 0) is 37.6 Å². The molecule has 1 aromatic rings. The number of benzene rings is 1. The second-order valence-electron chi connectivity index (χ2n) is 5.53. The molecule has 2 heterocycles. The molecule has 0 spiro atoms. The van der Waals surface area contributed by atoms with E-state index in [1.165, 1.54) is 0 Å². The molecular formula is C15H16ClN5O2. The molecule has 7 nitrogen and oxygen atoms in total. The fourth-order valence-corrected chi connectivity index (χ4v) is 2.52. The van der Waals surface area contributed by atoms with E-state index in [2.05, 4.69) is 21.1 Å². The van der Waals surface area contributed by atoms with Crippen LogP contribution in [0.4, 0.5) is 5.69 Å². The van der Waals surface area contributed by atoms with Crippen LogP contribution in [0.5, 0.6) is 0 Å². The molecule has 3 N–H and O–H groups in total. The third-order valence-corrected chi connectivity index (χ3v) is 3.72. The van der Waals surface area contributed by atoms with Crippen LogP contribution in [0.1, 0.15) is 20.3 Å². The number of carbonyl (C=O) groups excluding carboxylic acids is 2. The fourth-order valence-electron chi connectivity index (χ4n) is 2.33. The molecule has 0 saturated carbocycles. The number of allylic oxidation sites excluding steroid dienone is 1. The first-order chi connectivity index (χ1) is 10.9. The molecule has 1 unspecified atom stereocenters. The Labute approximate surface area is 138 Å². The first kappa shape index (κ1) is 15.4. The van der Waals surface area contributed by atoms with Crippen molar-refractivity contribution < 1.29 is 9.59 Å². The first-order valence-electron chi connectivity index (χ1n) is 7.12. The van der Waals surface area contributed by atoms with Crippen LogP contribution in [0.3, 0.4) is 0 Å². The van der Waals surface area contributed by atoms with Gasteiger partial charge in [0, 0.05) is 10.7 Å². The van der Waals surface area contributed by atoms with Crippen molar-refractivity contribution in [2.24, 2.45) is 4.99 Å². The molecule has 1 fully saturated rings. The number of hydrogen-bond donors (Lipinski definition) is 3. The van der Waals surface area contributed by atoms with Gasteiger partial charge in [-0.25, -0.2) is 5.01 Å². The second-order valence-corrected chi connectivity index (χ2v) is 5.97. The maximum atomic E-state index is 12.6. The maximum Gasteiger partial charge on any atom is 0.249 e. The molecule has 2 aliphatic heterocycles. The summed E-state index contributed by atoms with van der Waals surface area (Å²) in [6.45, 7) is 3.79. The van der Waals surface area contributed by atoms with E-state index >= 15 is 0 Å². The minimum atomic E-state index is -0.696. The number of nitrogens with one attached hydrogen (secondary N) is 3. The van der Waals surface area contributed by atoms with Crippen LogP contribution in [0, 0.1) is 0 Å². The molecule has 23 heavy (non-hydrogen) atoms. The molecule has 2 aliphatic rings. The molecule has 0 bridgehead atoms. The van der Waals surface area contributed by atoms with E-state index in [0.717, 1.165) is 5.57 Å². The van der Waals surface area contributed by atoms with Crippen molar-refractivity contribution in [3.8, 4) is 0 Å². The van der Waals surface area contributed by atoms with Gasteiger partial charge in [-0.15, -0.1) is 0 Å². The molecule has 1 atom stereocenters. The van der Waals surface area contributed by atoms with E-state index in [1.54, 1.807) is 29.3 Å². The van der Waals surface area contributed by atoms with E-state index < -0.39 is 6.04 Å².